The highest BCUT2D eigenvalue weighted by atomic mass is 35.5. The van der Waals surface area contributed by atoms with E-state index in [4.69, 9.17) is 11.6 Å². The molecule has 1 N–H and O–H groups in total. The molecule has 1 atom stereocenters. The fraction of sp³-hybridized carbons (Fsp3) is 0.438. The number of hydrogen-bond donors (Lipinski definition) is 1. The number of piperidine rings is 1. The molecular weight excluding hydrogens is 298 g/mol. The molecule has 1 aromatic heterocycles. The minimum Gasteiger partial charge on any atom is -0.339 e. The molecule has 0 bridgehead atoms. The van der Waals surface area contributed by atoms with E-state index in [0.29, 0.717) is 22.8 Å². The van der Waals surface area contributed by atoms with E-state index in [9.17, 15) is 0 Å². The van der Waals surface area contributed by atoms with Gasteiger partial charge in [0.1, 0.15) is 0 Å². The van der Waals surface area contributed by atoms with Gasteiger partial charge in [-0.3, -0.25) is 0 Å². The van der Waals surface area contributed by atoms with Crippen LogP contribution in [0.2, 0.25) is 5.02 Å². The second kappa shape index (κ2) is 6.92. The number of aromatic nitrogens is 3. The minimum atomic E-state index is 0.515. The predicted octanol–water partition coefficient (Wildman–Crippen LogP) is 4.04. The molecule has 0 saturated carbocycles. The Labute approximate surface area is 135 Å². The van der Waals surface area contributed by atoms with Gasteiger partial charge in [-0.25, -0.2) is 0 Å². The molecule has 2 heterocycles. The van der Waals surface area contributed by atoms with Crippen molar-refractivity contribution in [2.45, 2.75) is 38.6 Å². The summed E-state index contributed by atoms with van der Waals surface area (Å²) in [5, 5.41) is 12.3. The smallest absolute Gasteiger partial charge is 0.247 e. The zero-order chi connectivity index (χ0) is 15.4. The average molecular weight is 318 g/mol. The summed E-state index contributed by atoms with van der Waals surface area (Å²) in [7, 11) is 0. The maximum Gasteiger partial charge on any atom is 0.247 e. The average Bonchev–Trinajstić information content (AvgIpc) is 2.57. The lowest BCUT2D eigenvalue weighted by molar-refractivity contribution is 0.442. The van der Waals surface area contributed by atoms with Gasteiger partial charge in [-0.1, -0.05) is 18.5 Å². The summed E-state index contributed by atoms with van der Waals surface area (Å²) in [6.45, 7) is 3.22. The summed E-state index contributed by atoms with van der Waals surface area (Å²) < 4.78 is 0. The fourth-order valence-electron chi connectivity index (χ4n) is 2.85. The van der Waals surface area contributed by atoms with E-state index in [1.807, 2.05) is 24.3 Å². The van der Waals surface area contributed by atoms with Gasteiger partial charge in [0.25, 0.3) is 0 Å². The quantitative estimate of drug-likeness (QED) is 0.922. The first-order chi connectivity index (χ1) is 10.8. The molecule has 6 heteroatoms. The van der Waals surface area contributed by atoms with Crippen molar-refractivity contribution >= 4 is 29.1 Å². The van der Waals surface area contributed by atoms with Crippen molar-refractivity contribution in [3.8, 4) is 0 Å². The molecule has 1 aliphatic heterocycles. The van der Waals surface area contributed by atoms with Crippen LogP contribution in [0.1, 0.15) is 32.6 Å². The monoisotopic (exact) mass is 317 g/mol. The Balaban J connectivity index is 1.78. The van der Waals surface area contributed by atoms with Crippen LogP contribution in [0.3, 0.4) is 0 Å². The van der Waals surface area contributed by atoms with Crippen LogP contribution < -0.4 is 10.2 Å². The SMILES string of the molecule is CCC1CCCCN1c1nncc(Nc2ccc(Cl)cc2)n1. The second-order valence-electron chi connectivity index (χ2n) is 5.52. The Morgan fingerprint density at radius 3 is 2.86 bits per heavy atom. The van der Waals surface area contributed by atoms with Crippen molar-refractivity contribution in [1.82, 2.24) is 15.2 Å². The molecule has 1 unspecified atom stereocenters. The van der Waals surface area contributed by atoms with E-state index in [-0.39, 0.29) is 0 Å². The first-order valence-corrected chi connectivity index (χ1v) is 8.13. The molecule has 1 aromatic carbocycles. The van der Waals surface area contributed by atoms with E-state index >= 15 is 0 Å². The number of nitrogens with zero attached hydrogens (tertiary/aromatic N) is 4. The lowest BCUT2D eigenvalue weighted by atomic mass is 10.0. The molecule has 0 aliphatic carbocycles. The standard InChI is InChI=1S/C16H20ClN5/c1-2-14-5-3-4-10-22(14)16-20-15(11-18-21-16)19-13-8-6-12(17)7-9-13/h6-9,11,14H,2-5,10H2,1H3,(H,19,20,21). The van der Waals surface area contributed by atoms with Crippen LogP contribution in [0.4, 0.5) is 17.5 Å². The molecule has 2 aromatic rings. The molecule has 1 saturated heterocycles. The molecule has 0 spiro atoms. The first kappa shape index (κ1) is 15.0. The molecule has 3 rings (SSSR count). The number of hydrogen-bond acceptors (Lipinski definition) is 5. The number of benzene rings is 1. The van der Waals surface area contributed by atoms with Crippen LogP contribution in [0.5, 0.6) is 0 Å². The number of halogens is 1. The lowest BCUT2D eigenvalue weighted by Gasteiger charge is -2.34. The molecule has 0 amide bonds. The van der Waals surface area contributed by atoms with Crippen LogP contribution in [0, 0.1) is 0 Å². The van der Waals surface area contributed by atoms with Crippen molar-refractivity contribution in [2.24, 2.45) is 0 Å². The molecule has 0 radical (unpaired) electrons. The fourth-order valence-corrected chi connectivity index (χ4v) is 2.97. The van der Waals surface area contributed by atoms with Gasteiger partial charge in [-0.05, 0) is 49.9 Å². The van der Waals surface area contributed by atoms with Crippen LogP contribution in [-0.2, 0) is 0 Å². The Kier molecular flexibility index (Phi) is 4.73. The Morgan fingerprint density at radius 2 is 2.09 bits per heavy atom. The van der Waals surface area contributed by atoms with Crippen LogP contribution >= 0.6 is 11.6 Å². The molecule has 22 heavy (non-hydrogen) atoms. The molecule has 116 valence electrons. The van der Waals surface area contributed by atoms with Gasteiger partial charge >= 0.3 is 0 Å². The molecular formula is C16H20ClN5. The maximum absolute atomic E-state index is 5.90. The topological polar surface area (TPSA) is 53.9 Å². The largest absolute Gasteiger partial charge is 0.339 e. The van der Waals surface area contributed by atoms with E-state index in [2.05, 4.69) is 32.3 Å². The Hall–Kier alpha value is -1.88. The number of rotatable bonds is 4. The highest BCUT2D eigenvalue weighted by Gasteiger charge is 2.23. The summed E-state index contributed by atoms with van der Waals surface area (Å²) >= 11 is 5.90. The van der Waals surface area contributed by atoms with E-state index in [0.717, 1.165) is 18.7 Å². The summed E-state index contributed by atoms with van der Waals surface area (Å²) in [6.07, 6.45) is 6.43. The predicted molar refractivity (Wildman–Crippen MR) is 89.8 cm³/mol. The summed E-state index contributed by atoms with van der Waals surface area (Å²) in [4.78, 5) is 6.90. The van der Waals surface area contributed by atoms with Gasteiger partial charge < -0.3 is 10.2 Å². The van der Waals surface area contributed by atoms with Crippen molar-refractivity contribution in [2.75, 3.05) is 16.8 Å². The Bertz CT molecular complexity index is 616. The maximum atomic E-state index is 5.90. The van der Waals surface area contributed by atoms with Crippen LogP contribution in [0.15, 0.2) is 30.5 Å². The number of nitrogens with one attached hydrogen (secondary N) is 1. The highest BCUT2D eigenvalue weighted by molar-refractivity contribution is 6.30. The van der Waals surface area contributed by atoms with Gasteiger partial charge in [0.05, 0.1) is 6.20 Å². The third-order valence-corrected chi connectivity index (χ3v) is 4.27. The summed E-state index contributed by atoms with van der Waals surface area (Å²) in [5.41, 5.74) is 0.932. The van der Waals surface area contributed by atoms with E-state index in [1.165, 1.54) is 19.3 Å². The van der Waals surface area contributed by atoms with Gasteiger partial charge in [0, 0.05) is 23.3 Å². The molecule has 5 nitrogen and oxygen atoms in total. The van der Waals surface area contributed by atoms with Gasteiger partial charge in [0.2, 0.25) is 5.95 Å². The zero-order valence-electron chi connectivity index (χ0n) is 12.7. The van der Waals surface area contributed by atoms with E-state index < -0.39 is 0 Å². The lowest BCUT2D eigenvalue weighted by Crippen LogP contribution is -2.40. The minimum absolute atomic E-state index is 0.515. The van der Waals surface area contributed by atoms with Crippen molar-refractivity contribution < 1.29 is 0 Å². The first-order valence-electron chi connectivity index (χ1n) is 7.75. The third kappa shape index (κ3) is 3.47. The van der Waals surface area contributed by atoms with Gasteiger partial charge in [-0.2, -0.15) is 10.1 Å². The van der Waals surface area contributed by atoms with Crippen molar-refractivity contribution in [3.63, 3.8) is 0 Å². The summed E-state index contributed by atoms with van der Waals surface area (Å²) in [6, 6.07) is 8.04. The molecule has 1 aliphatic rings. The third-order valence-electron chi connectivity index (χ3n) is 4.02. The van der Waals surface area contributed by atoms with Crippen molar-refractivity contribution in [1.29, 1.82) is 0 Å². The Morgan fingerprint density at radius 1 is 1.27 bits per heavy atom. The van der Waals surface area contributed by atoms with Crippen LogP contribution in [-0.4, -0.2) is 27.8 Å². The van der Waals surface area contributed by atoms with Gasteiger partial charge in [0.15, 0.2) is 5.82 Å². The van der Waals surface area contributed by atoms with Crippen LogP contribution in [0.25, 0.3) is 0 Å². The molecule has 1 fully saturated rings. The van der Waals surface area contributed by atoms with E-state index in [1.54, 1.807) is 6.20 Å². The second-order valence-corrected chi connectivity index (χ2v) is 5.96. The zero-order valence-corrected chi connectivity index (χ0v) is 13.4. The summed E-state index contributed by atoms with van der Waals surface area (Å²) in [5.74, 6) is 1.42. The van der Waals surface area contributed by atoms with Crippen molar-refractivity contribution in [3.05, 3.63) is 35.5 Å². The highest BCUT2D eigenvalue weighted by Crippen LogP contribution is 2.24. The normalized spacial score (nSPS) is 18.3. The number of anilines is 3. The van der Waals surface area contributed by atoms with Gasteiger partial charge in [-0.15, -0.1) is 5.10 Å².